The Morgan fingerprint density at radius 1 is 1.30 bits per heavy atom. The Bertz CT molecular complexity index is 535. The van der Waals surface area contributed by atoms with E-state index in [1.165, 1.54) is 12.1 Å². The maximum atomic E-state index is 13.3. The van der Waals surface area contributed by atoms with E-state index in [4.69, 9.17) is 5.73 Å². The van der Waals surface area contributed by atoms with E-state index in [1.807, 2.05) is 6.92 Å². The number of rotatable bonds is 7. The summed E-state index contributed by atoms with van der Waals surface area (Å²) in [4.78, 5) is 0.147. The first kappa shape index (κ1) is 17.1. The number of hydrogen-bond acceptors (Lipinski definition) is 3. The number of nitrogens with one attached hydrogen (secondary N) is 1. The summed E-state index contributed by atoms with van der Waals surface area (Å²) in [5.41, 5.74) is 6.42. The Morgan fingerprint density at radius 3 is 2.30 bits per heavy atom. The Kier molecular flexibility index (Phi) is 6.10. The first-order chi connectivity index (χ1) is 9.31. The van der Waals surface area contributed by atoms with Gasteiger partial charge in [0.25, 0.3) is 0 Å². The van der Waals surface area contributed by atoms with Crippen molar-refractivity contribution in [2.24, 2.45) is 5.73 Å². The molecule has 0 heterocycles. The molecule has 0 aromatic heterocycles. The van der Waals surface area contributed by atoms with E-state index in [0.717, 1.165) is 12.8 Å². The van der Waals surface area contributed by atoms with Gasteiger partial charge in [-0.3, -0.25) is 0 Å². The highest BCUT2D eigenvalue weighted by Crippen LogP contribution is 2.21. The molecular weight excluding hydrogens is 279 g/mol. The largest absolute Gasteiger partial charge is 0.329 e. The van der Waals surface area contributed by atoms with Crippen molar-refractivity contribution in [3.63, 3.8) is 0 Å². The fraction of sp³-hybridized carbons (Fsp3) is 0.571. The van der Waals surface area contributed by atoms with Gasteiger partial charge in [0.2, 0.25) is 10.0 Å². The Labute approximate surface area is 120 Å². The molecule has 0 fully saturated rings. The molecule has 0 amide bonds. The highest BCUT2D eigenvalue weighted by atomic mass is 32.2. The van der Waals surface area contributed by atoms with Crippen LogP contribution in [-0.2, 0) is 10.0 Å². The van der Waals surface area contributed by atoms with Gasteiger partial charge in [-0.1, -0.05) is 19.8 Å². The predicted octanol–water partition coefficient (Wildman–Crippen LogP) is 2.24. The van der Waals surface area contributed by atoms with E-state index in [1.54, 1.807) is 13.8 Å². The van der Waals surface area contributed by atoms with Crippen LogP contribution in [0, 0.1) is 19.7 Å². The molecular formula is C14H23FN2O2S. The van der Waals surface area contributed by atoms with Crippen molar-refractivity contribution in [2.75, 3.05) is 6.54 Å². The lowest BCUT2D eigenvalue weighted by molar-refractivity contribution is 0.515. The predicted molar refractivity (Wildman–Crippen MR) is 78.6 cm³/mol. The summed E-state index contributed by atoms with van der Waals surface area (Å²) in [5.74, 6) is -0.430. The molecule has 0 aliphatic rings. The summed E-state index contributed by atoms with van der Waals surface area (Å²) in [6.07, 6.45) is 2.59. The molecule has 6 heteroatoms. The molecule has 0 aliphatic heterocycles. The van der Waals surface area contributed by atoms with Gasteiger partial charge < -0.3 is 5.73 Å². The number of aryl methyl sites for hydroxylation is 2. The smallest absolute Gasteiger partial charge is 0.241 e. The molecule has 1 aromatic carbocycles. The van der Waals surface area contributed by atoms with Gasteiger partial charge in [-0.25, -0.2) is 17.5 Å². The zero-order valence-electron chi connectivity index (χ0n) is 12.2. The fourth-order valence-electron chi connectivity index (χ4n) is 2.28. The summed E-state index contributed by atoms with van der Waals surface area (Å²) in [5, 5.41) is 0. The van der Waals surface area contributed by atoms with Gasteiger partial charge in [-0.15, -0.1) is 0 Å². The lowest BCUT2D eigenvalue weighted by atomic mass is 10.1. The number of nitrogens with two attached hydrogens (primary N) is 1. The van der Waals surface area contributed by atoms with Crippen molar-refractivity contribution in [1.82, 2.24) is 4.72 Å². The SMILES string of the molecule is CCCCC(CN)NS(=O)(=O)c1c(C)cc(F)cc1C. The molecule has 1 unspecified atom stereocenters. The molecule has 1 atom stereocenters. The van der Waals surface area contributed by atoms with Crippen molar-refractivity contribution >= 4 is 10.0 Å². The van der Waals surface area contributed by atoms with Gasteiger partial charge in [-0.2, -0.15) is 0 Å². The Morgan fingerprint density at radius 2 is 1.85 bits per heavy atom. The molecule has 0 saturated heterocycles. The summed E-state index contributed by atoms with van der Waals surface area (Å²) < 4.78 is 40.7. The zero-order valence-corrected chi connectivity index (χ0v) is 13.1. The van der Waals surface area contributed by atoms with Crippen LogP contribution in [0.1, 0.15) is 37.3 Å². The van der Waals surface area contributed by atoms with Crippen molar-refractivity contribution in [3.05, 3.63) is 29.1 Å². The van der Waals surface area contributed by atoms with Crippen molar-refractivity contribution < 1.29 is 12.8 Å². The van der Waals surface area contributed by atoms with Crippen LogP contribution in [0.2, 0.25) is 0 Å². The van der Waals surface area contributed by atoms with Gasteiger partial charge >= 0.3 is 0 Å². The van der Waals surface area contributed by atoms with Gasteiger partial charge in [0.15, 0.2) is 0 Å². The standard InChI is InChI=1S/C14H23FN2O2S/c1-4-5-6-13(9-16)17-20(18,19)14-10(2)7-12(15)8-11(14)3/h7-8,13,17H,4-6,9,16H2,1-3H3. The minimum Gasteiger partial charge on any atom is -0.329 e. The molecule has 0 spiro atoms. The van der Waals surface area contributed by atoms with Crippen LogP contribution in [0.15, 0.2) is 17.0 Å². The van der Waals surface area contributed by atoms with Gasteiger partial charge in [0.1, 0.15) is 5.82 Å². The second-order valence-electron chi connectivity index (χ2n) is 5.06. The molecule has 20 heavy (non-hydrogen) atoms. The highest BCUT2D eigenvalue weighted by Gasteiger charge is 2.23. The van der Waals surface area contributed by atoms with Crippen molar-refractivity contribution in [2.45, 2.75) is 51.0 Å². The average Bonchev–Trinajstić information content (AvgIpc) is 2.32. The average molecular weight is 302 g/mol. The van der Waals surface area contributed by atoms with Crippen LogP contribution in [0.4, 0.5) is 4.39 Å². The molecule has 0 saturated carbocycles. The lowest BCUT2D eigenvalue weighted by Crippen LogP contribution is -2.40. The Hall–Kier alpha value is -0.980. The zero-order chi connectivity index (χ0) is 15.3. The molecule has 0 radical (unpaired) electrons. The minimum absolute atomic E-state index is 0.147. The molecule has 0 bridgehead atoms. The fourth-order valence-corrected chi connectivity index (χ4v) is 4.01. The second-order valence-corrected chi connectivity index (χ2v) is 6.72. The molecule has 1 rings (SSSR count). The Balaban J connectivity index is 3.05. The van der Waals surface area contributed by atoms with E-state index in [2.05, 4.69) is 4.72 Å². The van der Waals surface area contributed by atoms with Crippen LogP contribution in [0.3, 0.4) is 0 Å². The van der Waals surface area contributed by atoms with Crippen LogP contribution in [-0.4, -0.2) is 21.0 Å². The van der Waals surface area contributed by atoms with Crippen LogP contribution in [0.25, 0.3) is 0 Å². The first-order valence-corrected chi connectivity index (χ1v) is 8.29. The molecule has 3 N–H and O–H groups in total. The third-order valence-corrected chi connectivity index (χ3v) is 5.03. The van der Waals surface area contributed by atoms with Crippen molar-refractivity contribution in [1.29, 1.82) is 0 Å². The van der Waals surface area contributed by atoms with E-state index < -0.39 is 15.8 Å². The normalized spacial score (nSPS) is 13.4. The number of sulfonamides is 1. The number of benzene rings is 1. The molecule has 0 aliphatic carbocycles. The summed E-state index contributed by atoms with van der Waals surface area (Å²) in [6, 6.07) is 2.17. The van der Waals surface area contributed by atoms with Crippen LogP contribution >= 0.6 is 0 Å². The molecule has 114 valence electrons. The summed E-state index contributed by atoms with van der Waals surface area (Å²) >= 11 is 0. The van der Waals surface area contributed by atoms with E-state index >= 15 is 0 Å². The van der Waals surface area contributed by atoms with E-state index in [0.29, 0.717) is 17.5 Å². The maximum Gasteiger partial charge on any atom is 0.241 e. The van der Waals surface area contributed by atoms with E-state index in [-0.39, 0.29) is 17.5 Å². The number of unbranched alkanes of at least 4 members (excludes halogenated alkanes) is 1. The molecule has 1 aromatic rings. The minimum atomic E-state index is -3.68. The monoisotopic (exact) mass is 302 g/mol. The van der Waals surface area contributed by atoms with E-state index in [9.17, 15) is 12.8 Å². The van der Waals surface area contributed by atoms with Gasteiger partial charge in [0.05, 0.1) is 4.90 Å². The quantitative estimate of drug-likeness (QED) is 0.811. The number of halogens is 1. The highest BCUT2D eigenvalue weighted by molar-refractivity contribution is 7.89. The third-order valence-electron chi connectivity index (χ3n) is 3.21. The first-order valence-electron chi connectivity index (χ1n) is 6.81. The summed E-state index contributed by atoms with van der Waals surface area (Å²) in [7, 11) is -3.68. The van der Waals surface area contributed by atoms with Gasteiger partial charge in [0, 0.05) is 12.6 Å². The lowest BCUT2D eigenvalue weighted by Gasteiger charge is -2.18. The number of hydrogen-bond donors (Lipinski definition) is 2. The van der Waals surface area contributed by atoms with Crippen LogP contribution < -0.4 is 10.5 Å². The maximum absolute atomic E-state index is 13.3. The molecule has 4 nitrogen and oxygen atoms in total. The second kappa shape index (κ2) is 7.15. The topological polar surface area (TPSA) is 72.2 Å². The van der Waals surface area contributed by atoms with Crippen LogP contribution in [0.5, 0.6) is 0 Å². The van der Waals surface area contributed by atoms with Gasteiger partial charge in [-0.05, 0) is 43.5 Å². The summed E-state index contributed by atoms with van der Waals surface area (Å²) in [6.45, 7) is 5.47. The van der Waals surface area contributed by atoms with Crippen molar-refractivity contribution in [3.8, 4) is 0 Å². The third kappa shape index (κ3) is 4.26.